The highest BCUT2D eigenvalue weighted by atomic mass is 35.5. The maximum atomic E-state index is 6.48. The molecule has 1 N–H and O–H groups in total. The number of hydrogen-bond acceptors (Lipinski definition) is 5. The Morgan fingerprint density at radius 1 is 1.06 bits per heavy atom. The van der Waals surface area contributed by atoms with E-state index in [1.165, 1.54) is 0 Å². The number of aromatic nitrogens is 2. The van der Waals surface area contributed by atoms with Gasteiger partial charge in [-0.2, -0.15) is 5.10 Å². The zero-order valence-corrected chi connectivity index (χ0v) is 20.2. The predicted molar refractivity (Wildman–Crippen MR) is 135 cm³/mol. The van der Waals surface area contributed by atoms with Crippen molar-refractivity contribution in [3.63, 3.8) is 0 Å². The summed E-state index contributed by atoms with van der Waals surface area (Å²) in [5, 5.41) is 5.80. The fraction of sp³-hybridized carbons (Fsp3) is 0.167. The van der Waals surface area contributed by atoms with Crippen LogP contribution in [-0.4, -0.2) is 22.9 Å². The minimum absolute atomic E-state index is 0.217. The van der Waals surface area contributed by atoms with Gasteiger partial charge < -0.3 is 14.0 Å². The average Bonchev–Trinajstić information content (AvgIpc) is 3.16. The molecule has 170 valence electrons. The van der Waals surface area contributed by atoms with Gasteiger partial charge in [0.05, 0.1) is 29.4 Å². The van der Waals surface area contributed by atoms with Gasteiger partial charge in [0.15, 0.2) is 11.5 Å². The zero-order valence-electron chi connectivity index (χ0n) is 18.0. The quantitative estimate of drug-likeness (QED) is 0.207. The van der Waals surface area contributed by atoms with Gasteiger partial charge in [-0.15, -0.1) is 0 Å². The summed E-state index contributed by atoms with van der Waals surface area (Å²) in [5.74, 6) is 1.56. The third-order valence-corrected chi connectivity index (χ3v) is 5.86. The molecule has 0 saturated carbocycles. The molecule has 33 heavy (non-hydrogen) atoms. The molecule has 0 spiro atoms. The first-order valence-corrected chi connectivity index (χ1v) is 11.3. The lowest BCUT2D eigenvalue weighted by atomic mass is 10.2. The number of halogens is 3. The maximum absolute atomic E-state index is 6.48. The van der Waals surface area contributed by atoms with E-state index in [1.807, 2.05) is 24.3 Å². The Bertz CT molecular complexity index is 1320. The predicted octanol–water partition coefficient (Wildman–Crippen LogP) is 7.05. The summed E-state index contributed by atoms with van der Waals surface area (Å²) < 4.78 is 13.4. The molecule has 0 amide bonds. The number of anilines is 1. The number of rotatable bonds is 8. The number of fused-ring (bicyclic) bond motifs is 1. The van der Waals surface area contributed by atoms with Crippen molar-refractivity contribution in [3.8, 4) is 11.5 Å². The average molecular weight is 504 g/mol. The van der Waals surface area contributed by atoms with Crippen LogP contribution in [0.15, 0.2) is 59.7 Å². The lowest BCUT2D eigenvalue weighted by Gasteiger charge is -2.14. The van der Waals surface area contributed by atoms with Crippen LogP contribution in [-0.2, 0) is 13.2 Å². The Hall–Kier alpha value is -2.93. The van der Waals surface area contributed by atoms with Crippen molar-refractivity contribution in [1.29, 1.82) is 0 Å². The molecule has 4 aromatic rings. The van der Waals surface area contributed by atoms with E-state index in [1.54, 1.807) is 43.7 Å². The summed E-state index contributed by atoms with van der Waals surface area (Å²) >= 11 is 18.7. The van der Waals surface area contributed by atoms with Gasteiger partial charge in [-0.25, -0.2) is 10.4 Å². The molecular weight excluding hydrogens is 483 g/mol. The largest absolute Gasteiger partial charge is 0.493 e. The lowest BCUT2D eigenvalue weighted by Crippen LogP contribution is -2.02. The third kappa shape index (κ3) is 5.19. The highest BCUT2D eigenvalue weighted by Crippen LogP contribution is 2.37. The van der Waals surface area contributed by atoms with Crippen molar-refractivity contribution in [2.24, 2.45) is 5.10 Å². The highest BCUT2D eigenvalue weighted by molar-refractivity contribution is 6.35. The molecule has 9 heteroatoms. The summed E-state index contributed by atoms with van der Waals surface area (Å²) in [5.41, 5.74) is 6.49. The van der Waals surface area contributed by atoms with E-state index in [2.05, 4.69) is 27.0 Å². The Morgan fingerprint density at radius 3 is 2.64 bits per heavy atom. The maximum Gasteiger partial charge on any atom is 0.224 e. The molecule has 0 atom stereocenters. The Labute approximate surface area is 206 Å². The minimum atomic E-state index is 0.217. The van der Waals surface area contributed by atoms with Gasteiger partial charge >= 0.3 is 0 Å². The van der Waals surface area contributed by atoms with Crippen molar-refractivity contribution >= 4 is 58.0 Å². The summed E-state index contributed by atoms with van der Waals surface area (Å²) in [6.07, 6.45) is 1.65. The molecule has 0 fully saturated rings. The van der Waals surface area contributed by atoms with Gasteiger partial charge in [-0.3, -0.25) is 0 Å². The van der Waals surface area contributed by atoms with Gasteiger partial charge in [-0.1, -0.05) is 53.0 Å². The van der Waals surface area contributed by atoms with E-state index in [0.29, 0.717) is 32.5 Å². The molecule has 6 nitrogen and oxygen atoms in total. The van der Waals surface area contributed by atoms with E-state index in [0.717, 1.165) is 28.7 Å². The fourth-order valence-electron chi connectivity index (χ4n) is 3.39. The van der Waals surface area contributed by atoms with Crippen LogP contribution in [0.25, 0.3) is 11.0 Å². The van der Waals surface area contributed by atoms with Crippen LogP contribution in [0.2, 0.25) is 15.1 Å². The van der Waals surface area contributed by atoms with Crippen LogP contribution >= 0.6 is 34.8 Å². The number of hydrazone groups is 1. The molecule has 1 aromatic heterocycles. The van der Waals surface area contributed by atoms with Crippen molar-refractivity contribution in [2.45, 2.75) is 20.1 Å². The SMILES string of the molecule is CCn1c(N/N=C\c2cc(Cl)c(OCc3ccc(Cl)cc3Cl)c(OC)c2)nc2ccccc21. The summed E-state index contributed by atoms with van der Waals surface area (Å²) in [7, 11) is 1.55. The second-order valence-corrected chi connectivity index (χ2v) is 8.35. The normalized spacial score (nSPS) is 11.3. The van der Waals surface area contributed by atoms with Crippen LogP contribution in [0.1, 0.15) is 18.1 Å². The van der Waals surface area contributed by atoms with E-state index >= 15 is 0 Å². The van der Waals surface area contributed by atoms with E-state index in [4.69, 9.17) is 44.3 Å². The Balaban J connectivity index is 1.51. The molecule has 0 aliphatic heterocycles. The van der Waals surface area contributed by atoms with Crippen molar-refractivity contribution < 1.29 is 9.47 Å². The summed E-state index contributed by atoms with van der Waals surface area (Å²) in [6, 6.07) is 16.7. The molecular formula is C24H21Cl3N4O2. The molecule has 4 rings (SSSR count). The van der Waals surface area contributed by atoms with E-state index in [-0.39, 0.29) is 6.61 Å². The Morgan fingerprint density at radius 2 is 1.88 bits per heavy atom. The monoisotopic (exact) mass is 502 g/mol. The van der Waals surface area contributed by atoms with Gasteiger partial charge in [0.1, 0.15) is 6.61 Å². The second kappa shape index (κ2) is 10.3. The van der Waals surface area contributed by atoms with Crippen molar-refractivity contribution in [2.75, 3.05) is 12.5 Å². The first-order chi connectivity index (χ1) is 16.0. The lowest BCUT2D eigenvalue weighted by molar-refractivity contribution is 0.285. The molecule has 0 radical (unpaired) electrons. The molecule has 1 heterocycles. The molecule has 0 aliphatic carbocycles. The molecule has 0 aliphatic rings. The number of para-hydroxylation sites is 2. The van der Waals surface area contributed by atoms with E-state index < -0.39 is 0 Å². The number of methoxy groups -OCH3 is 1. The van der Waals surface area contributed by atoms with Crippen LogP contribution in [0.4, 0.5) is 5.95 Å². The molecule has 3 aromatic carbocycles. The van der Waals surface area contributed by atoms with Crippen molar-refractivity contribution in [1.82, 2.24) is 9.55 Å². The number of aryl methyl sites for hydroxylation is 1. The summed E-state index contributed by atoms with van der Waals surface area (Å²) in [4.78, 5) is 4.59. The second-order valence-electron chi connectivity index (χ2n) is 7.10. The number of nitrogens with one attached hydrogen (secondary N) is 1. The minimum Gasteiger partial charge on any atom is -0.493 e. The van der Waals surface area contributed by atoms with Crippen LogP contribution in [0.5, 0.6) is 11.5 Å². The van der Waals surface area contributed by atoms with Gasteiger partial charge in [-0.05, 0) is 48.9 Å². The highest BCUT2D eigenvalue weighted by Gasteiger charge is 2.13. The number of nitrogens with zero attached hydrogens (tertiary/aromatic N) is 3. The standard InChI is InChI=1S/C24H21Cl3N4O2/c1-3-31-21-7-5-4-6-20(21)29-24(31)30-28-13-15-10-19(27)23(22(11-15)32-2)33-14-16-8-9-17(25)12-18(16)26/h4-13H,3,14H2,1-2H3,(H,29,30)/b28-13-. The number of imidazole rings is 1. The Kier molecular flexibility index (Phi) is 7.28. The topological polar surface area (TPSA) is 60.7 Å². The number of benzene rings is 3. The van der Waals surface area contributed by atoms with Crippen LogP contribution < -0.4 is 14.9 Å². The van der Waals surface area contributed by atoms with Crippen LogP contribution in [0, 0.1) is 0 Å². The van der Waals surface area contributed by atoms with E-state index in [9.17, 15) is 0 Å². The van der Waals surface area contributed by atoms with Gasteiger partial charge in [0, 0.05) is 22.2 Å². The van der Waals surface area contributed by atoms with Crippen molar-refractivity contribution in [3.05, 3.63) is 80.8 Å². The first-order valence-electron chi connectivity index (χ1n) is 10.2. The van der Waals surface area contributed by atoms with Gasteiger partial charge in [0.2, 0.25) is 5.95 Å². The number of ether oxygens (including phenoxy) is 2. The number of hydrogen-bond donors (Lipinski definition) is 1. The smallest absolute Gasteiger partial charge is 0.224 e. The van der Waals surface area contributed by atoms with Gasteiger partial charge in [0.25, 0.3) is 0 Å². The summed E-state index contributed by atoms with van der Waals surface area (Å²) in [6.45, 7) is 3.04. The molecule has 0 unspecified atom stereocenters. The third-order valence-electron chi connectivity index (χ3n) is 4.99. The first kappa shape index (κ1) is 23.2. The fourth-order valence-corrected chi connectivity index (χ4v) is 4.13. The molecule has 0 saturated heterocycles. The van der Waals surface area contributed by atoms with Crippen LogP contribution in [0.3, 0.4) is 0 Å². The molecule has 0 bridgehead atoms. The zero-order chi connectivity index (χ0) is 23.4.